The van der Waals surface area contributed by atoms with Crippen LogP contribution in [0.1, 0.15) is 42.8 Å². The fourth-order valence-corrected chi connectivity index (χ4v) is 2.74. The van der Waals surface area contributed by atoms with Crippen molar-refractivity contribution in [2.24, 2.45) is 0 Å². The minimum atomic E-state index is -0.637. The summed E-state index contributed by atoms with van der Waals surface area (Å²) in [6.45, 7) is 2.16. The van der Waals surface area contributed by atoms with Gasteiger partial charge in [-0.2, -0.15) is 0 Å². The fourth-order valence-electron chi connectivity index (χ4n) is 2.74. The van der Waals surface area contributed by atoms with Crippen molar-refractivity contribution in [3.8, 4) is 0 Å². The molecular formula is C19H20O2. The number of hydrogen-bond acceptors (Lipinski definition) is 2. The van der Waals surface area contributed by atoms with Gasteiger partial charge in [0.05, 0.1) is 0 Å². The predicted molar refractivity (Wildman–Crippen MR) is 85.3 cm³/mol. The number of benzene rings is 2. The van der Waals surface area contributed by atoms with Crippen molar-refractivity contribution >= 4 is 11.0 Å². The summed E-state index contributed by atoms with van der Waals surface area (Å²) in [5.41, 5.74) is 2.68. The number of aliphatic hydroxyl groups is 1. The van der Waals surface area contributed by atoms with E-state index in [0.29, 0.717) is 0 Å². The normalized spacial score (nSPS) is 12.7. The van der Waals surface area contributed by atoms with Crippen LogP contribution < -0.4 is 0 Å². The van der Waals surface area contributed by atoms with E-state index in [1.54, 1.807) is 0 Å². The van der Waals surface area contributed by atoms with E-state index in [0.717, 1.165) is 47.1 Å². The van der Waals surface area contributed by atoms with Crippen LogP contribution in [0.3, 0.4) is 0 Å². The van der Waals surface area contributed by atoms with E-state index >= 15 is 0 Å². The van der Waals surface area contributed by atoms with Crippen molar-refractivity contribution in [3.05, 3.63) is 71.5 Å². The molecule has 0 bridgehead atoms. The summed E-state index contributed by atoms with van der Waals surface area (Å²) in [4.78, 5) is 0. The molecule has 0 radical (unpaired) electrons. The third kappa shape index (κ3) is 2.72. The lowest BCUT2D eigenvalue weighted by Crippen LogP contribution is -2.02. The number of unbranched alkanes of at least 4 members (excludes halogenated alkanes) is 1. The molecule has 0 aliphatic carbocycles. The quantitative estimate of drug-likeness (QED) is 0.724. The Kier molecular flexibility index (Phi) is 4.07. The summed E-state index contributed by atoms with van der Waals surface area (Å²) in [5.74, 6) is 0.911. The molecule has 0 amide bonds. The molecule has 1 aromatic heterocycles. The predicted octanol–water partition coefficient (Wildman–Crippen LogP) is 4.86. The standard InChI is InChI=1S/C19H20O2/c1-2-3-12-17-18(15-11-7-8-13-16(15)21-17)19(20)14-9-5-4-6-10-14/h4-11,13,19-20H,2-3,12H2,1H3. The van der Waals surface area contributed by atoms with Crippen molar-refractivity contribution in [2.45, 2.75) is 32.3 Å². The smallest absolute Gasteiger partial charge is 0.134 e. The molecule has 0 saturated carbocycles. The van der Waals surface area contributed by atoms with Crippen molar-refractivity contribution < 1.29 is 9.52 Å². The lowest BCUT2D eigenvalue weighted by Gasteiger charge is -2.12. The summed E-state index contributed by atoms with van der Waals surface area (Å²) in [6.07, 6.45) is 2.40. The Bertz CT molecular complexity index is 713. The van der Waals surface area contributed by atoms with Gasteiger partial charge in [0.25, 0.3) is 0 Å². The molecule has 2 nitrogen and oxygen atoms in total. The Morgan fingerprint density at radius 2 is 1.71 bits per heavy atom. The van der Waals surface area contributed by atoms with Crippen LogP contribution in [-0.2, 0) is 6.42 Å². The molecule has 0 saturated heterocycles. The van der Waals surface area contributed by atoms with Crippen molar-refractivity contribution in [1.29, 1.82) is 0 Å². The largest absolute Gasteiger partial charge is 0.461 e. The van der Waals surface area contributed by atoms with Gasteiger partial charge in [-0.3, -0.25) is 0 Å². The van der Waals surface area contributed by atoms with E-state index in [-0.39, 0.29) is 0 Å². The van der Waals surface area contributed by atoms with Gasteiger partial charge in [0.15, 0.2) is 0 Å². The van der Waals surface area contributed by atoms with Crippen LogP contribution in [0.4, 0.5) is 0 Å². The second-order valence-electron chi connectivity index (χ2n) is 5.35. The van der Waals surface area contributed by atoms with Crippen LogP contribution in [0.25, 0.3) is 11.0 Å². The van der Waals surface area contributed by atoms with E-state index in [1.165, 1.54) is 0 Å². The Labute approximate surface area is 125 Å². The molecule has 108 valence electrons. The van der Waals surface area contributed by atoms with Crippen LogP contribution in [0.5, 0.6) is 0 Å². The van der Waals surface area contributed by atoms with E-state index < -0.39 is 6.10 Å². The second-order valence-corrected chi connectivity index (χ2v) is 5.35. The van der Waals surface area contributed by atoms with Gasteiger partial charge in [-0.1, -0.05) is 61.9 Å². The Hall–Kier alpha value is -2.06. The first-order chi connectivity index (χ1) is 10.3. The van der Waals surface area contributed by atoms with Gasteiger partial charge in [0.1, 0.15) is 17.4 Å². The lowest BCUT2D eigenvalue weighted by molar-refractivity contribution is 0.218. The number of aryl methyl sites for hydroxylation is 1. The highest BCUT2D eigenvalue weighted by molar-refractivity contribution is 5.83. The number of rotatable bonds is 5. The summed E-state index contributed by atoms with van der Waals surface area (Å²) in [7, 11) is 0. The molecular weight excluding hydrogens is 260 g/mol. The van der Waals surface area contributed by atoms with E-state index in [9.17, 15) is 5.11 Å². The van der Waals surface area contributed by atoms with Crippen molar-refractivity contribution in [3.63, 3.8) is 0 Å². The summed E-state index contributed by atoms with van der Waals surface area (Å²) < 4.78 is 5.98. The molecule has 0 spiro atoms. The van der Waals surface area contributed by atoms with Gasteiger partial charge in [-0.05, 0) is 18.1 Å². The van der Waals surface area contributed by atoms with Crippen molar-refractivity contribution in [1.82, 2.24) is 0 Å². The van der Waals surface area contributed by atoms with Gasteiger partial charge in [-0.15, -0.1) is 0 Å². The summed E-state index contributed by atoms with van der Waals surface area (Å²) in [5, 5.41) is 11.8. The highest BCUT2D eigenvalue weighted by atomic mass is 16.3. The van der Waals surface area contributed by atoms with Crippen LogP contribution in [0, 0.1) is 0 Å². The molecule has 3 aromatic rings. The van der Waals surface area contributed by atoms with E-state index in [4.69, 9.17) is 4.42 Å². The van der Waals surface area contributed by atoms with Gasteiger partial charge in [-0.25, -0.2) is 0 Å². The molecule has 1 heterocycles. The molecule has 0 fully saturated rings. The molecule has 2 aromatic carbocycles. The fraction of sp³-hybridized carbons (Fsp3) is 0.263. The first kappa shape index (κ1) is 13.9. The lowest BCUT2D eigenvalue weighted by atomic mass is 9.97. The molecule has 1 N–H and O–H groups in total. The molecule has 0 aliphatic heterocycles. The maximum Gasteiger partial charge on any atom is 0.134 e. The average molecular weight is 280 g/mol. The van der Waals surface area contributed by atoms with Gasteiger partial charge in [0, 0.05) is 17.4 Å². The first-order valence-corrected chi connectivity index (χ1v) is 7.54. The second kappa shape index (κ2) is 6.15. The first-order valence-electron chi connectivity index (χ1n) is 7.54. The molecule has 0 aliphatic rings. The third-order valence-electron chi connectivity index (χ3n) is 3.86. The number of fused-ring (bicyclic) bond motifs is 1. The van der Waals surface area contributed by atoms with Crippen LogP contribution in [-0.4, -0.2) is 5.11 Å². The molecule has 3 rings (SSSR count). The minimum Gasteiger partial charge on any atom is -0.461 e. The highest BCUT2D eigenvalue weighted by Crippen LogP contribution is 2.35. The topological polar surface area (TPSA) is 33.4 Å². The highest BCUT2D eigenvalue weighted by Gasteiger charge is 2.21. The summed E-state index contributed by atoms with van der Waals surface area (Å²) >= 11 is 0. The number of hydrogen-bond donors (Lipinski definition) is 1. The molecule has 21 heavy (non-hydrogen) atoms. The van der Waals surface area contributed by atoms with Crippen LogP contribution in [0.2, 0.25) is 0 Å². The van der Waals surface area contributed by atoms with Crippen molar-refractivity contribution in [2.75, 3.05) is 0 Å². The monoisotopic (exact) mass is 280 g/mol. The van der Waals surface area contributed by atoms with Crippen LogP contribution in [0.15, 0.2) is 59.0 Å². The Morgan fingerprint density at radius 1 is 1.00 bits per heavy atom. The zero-order valence-electron chi connectivity index (χ0n) is 12.3. The van der Waals surface area contributed by atoms with Gasteiger partial charge < -0.3 is 9.52 Å². The summed E-state index contributed by atoms with van der Waals surface area (Å²) in [6, 6.07) is 17.7. The number of furan rings is 1. The Balaban J connectivity index is 2.10. The van der Waals surface area contributed by atoms with Gasteiger partial charge in [0.2, 0.25) is 0 Å². The zero-order chi connectivity index (χ0) is 14.7. The molecule has 1 atom stereocenters. The van der Waals surface area contributed by atoms with E-state index in [2.05, 4.69) is 6.92 Å². The average Bonchev–Trinajstić information content (AvgIpc) is 2.91. The van der Waals surface area contributed by atoms with Crippen LogP contribution >= 0.6 is 0 Å². The maximum atomic E-state index is 10.8. The Morgan fingerprint density at radius 3 is 2.48 bits per heavy atom. The molecule has 1 unspecified atom stereocenters. The SMILES string of the molecule is CCCCc1oc2ccccc2c1C(O)c1ccccc1. The zero-order valence-corrected chi connectivity index (χ0v) is 12.3. The number of para-hydroxylation sites is 1. The van der Waals surface area contributed by atoms with E-state index in [1.807, 2.05) is 54.6 Å². The van der Waals surface area contributed by atoms with Gasteiger partial charge >= 0.3 is 0 Å². The molecule has 2 heteroatoms. The number of aliphatic hydroxyl groups excluding tert-OH is 1. The minimum absolute atomic E-state index is 0.637. The third-order valence-corrected chi connectivity index (χ3v) is 3.86. The maximum absolute atomic E-state index is 10.8.